The Bertz CT molecular complexity index is 3010. The van der Waals surface area contributed by atoms with Crippen LogP contribution in [0.1, 0.15) is 0 Å². The third kappa shape index (κ3) is 4.44. The molecule has 2 aliphatic heterocycles. The molecule has 0 amide bonds. The minimum absolute atomic E-state index is 0.933. The van der Waals surface area contributed by atoms with Crippen molar-refractivity contribution in [2.45, 2.75) is 19.6 Å². The number of fused-ring (bicyclic) bond motifs is 11. The summed E-state index contributed by atoms with van der Waals surface area (Å²) in [6, 6.07) is 60.8. The second-order valence-electron chi connectivity index (χ2n) is 15.3. The fraction of sp³-hybridized carbons (Fsp3) is 0.0800. The van der Waals surface area contributed by atoms with E-state index in [1.54, 1.807) is 0 Å². The van der Waals surface area contributed by atoms with Gasteiger partial charge in [0, 0.05) is 52.9 Å². The first-order chi connectivity index (χ1) is 26.3. The molecule has 262 valence electrons. The number of hydrogen-bond donors (Lipinski definition) is 0. The van der Waals surface area contributed by atoms with Gasteiger partial charge in [0.15, 0.2) is 0 Å². The lowest BCUT2D eigenvalue weighted by Crippen LogP contribution is -2.11. The second-order valence-corrected chi connectivity index (χ2v) is 22.4. The summed E-state index contributed by atoms with van der Waals surface area (Å²) in [4.78, 5) is 8.21. The van der Waals surface area contributed by atoms with Gasteiger partial charge in [-0.1, -0.05) is 91.0 Å². The zero-order valence-electron chi connectivity index (χ0n) is 30.8. The highest BCUT2D eigenvalue weighted by Crippen LogP contribution is 2.71. The van der Waals surface area contributed by atoms with E-state index in [0.29, 0.717) is 0 Å². The molecule has 9 aromatic rings. The standard InChI is InChI=1S/C50H39NOS2/c1-53(2)44-18-10-8-15-39(44)41-31-37(26-28-45(41)53)51(36-24-22-33(23-25-36)35-21-20-32-12-5-6-13-34(32)30-35)42-16-11-19-46-48(42)49-47(54(46,3)4)29-27-40-38-14-7-9-17-43(38)52-50(40)49/h5-31H,1-4H3. The Morgan fingerprint density at radius 1 is 0.426 bits per heavy atom. The Hall–Kier alpha value is -5.68. The number of benzene rings is 8. The van der Waals surface area contributed by atoms with Crippen LogP contribution in [-0.2, 0) is 0 Å². The van der Waals surface area contributed by atoms with Gasteiger partial charge < -0.3 is 9.32 Å². The molecule has 0 bridgehead atoms. The number of hydrogen-bond acceptors (Lipinski definition) is 2. The summed E-state index contributed by atoms with van der Waals surface area (Å²) in [6.45, 7) is 0. The minimum Gasteiger partial charge on any atom is -0.455 e. The van der Waals surface area contributed by atoms with E-state index < -0.39 is 20.1 Å². The Morgan fingerprint density at radius 3 is 1.94 bits per heavy atom. The molecule has 0 spiro atoms. The van der Waals surface area contributed by atoms with E-state index in [-0.39, 0.29) is 0 Å². The summed E-state index contributed by atoms with van der Waals surface area (Å²) in [5.41, 5.74) is 13.0. The summed E-state index contributed by atoms with van der Waals surface area (Å²) in [6.07, 6.45) is 9.75. The smallest absolute Gasteiger partial charge is 0.144 e. The van der Waals surface area contributed by atoms with Gasteiger partial charge in [0.25, 0.3) is 0 Å². The highest BCUT2D eigenvalue weighted by atomic mass is 32.3. The first kappa shape index (κ1) is 31.8. The van der Waals surface area contributed by atoms with Gasteiger partial charge in [0.05, 0.1) is 5.69 Å². The average Bonchev–Trinajstić information content (AvgIpc) is 3.78. The molecule has 0 radical (unpaired) electrons. The number of para-hydroxylation sites is 1. The molecule has 8 aromatic carbocycles. The second kappa shape index (κ2) is 11.4. The summed E-state index contributed by atoms with van der Waals surface area (Å²) in [5, 5.41) is 4.85. The topological polar surface area (TPSA) is 16.4 Å². The van der Waals surface area contributed by atoms with Gasteiger partial charge in [-0.2, -0.15) is 20.1 Å². The molecule has 0 saturated heterocycles. The van der Waals surface area contributed by atoms with Crippen molar-refractivity contribution in [2.24, 2.45) is 0 Å². The van der Waals surface area contributed by atoms with Gasteiger partial charge in [0.2, 0.25) is 0 Å². The average molecular weight is 734 g/mol. The third-order valence-corrected chi connectivity index (χ3v) is 17.6. The van der Waals surface area contributed by atoms with Crippen LogP contribution in [0.15, 0.2) is 188 Å². The Labute approximate surface area is 319 Å². The van der Waals surface area contributed by atoms with Crippen molar-refractivity contribution in [3.05, 3.63) is 164 Å². The molecule has 0 N–H and O–H groups in total. The van der Waals surface area contributed by atoms with Crippen molar-refractivity contribution in [1.29, 1.82) is 0 Å². The van der Waals surface area contributed by atoms with Gasteiger partial charge in [0.1, 0.15) is 11.2 Å². The van der Waals surface area contributed by atoms with Crippen molar-refractivity contribution >= 4 is 69.8 Å². The van der Waals surface area contributed by atoms with Crippen LogP contribution in [0, 0.1) is 0 Å². The normalized spacial score (nSPS) is 15.8. The highest BCUT2D eigenvalue weighted by molar-refractivity contribution is 8.33. The van der Waals surface area contributed by atoms with Crippen LogP contribution in [0.25, 0.3) is 66.1 Å². The minimum atomic E-state index is -1.32. The molecule has 0 unspecified atom stereocenters. The van der Waals surface area contributed by atoms with E-state index in [4.69, 9.17) is 4.42 Å². The maximum Gasteiger partial charge on any atom is 0.144 e. The van der Waals surface area contributed by atoms with Gasteiger partial charge >= 0.3 is 0 Å². The summed E-state index contributed by atoms with van der Waals surface area (Å²) < 4.78 is 6.81. The lowest BCUT2D eigenvalue weighted by molar-refractivity contribution is 0.669. The largest absolute Gasteiger partial charge is 0.455 e. The monoisotopic (exact) mass is 733 g/mol. The van der Waals surface area contributed by atoms with Crippen molar-refractivity contribution in [2.75, 3.05) is 29.9 Å². The number of furan rings is 1. The molecule has 2 aliphatic rings. The molecule has 0 saturated carbocycles. The Morgan fingerprint density at radius 2 is 1.07 bits per heavy atom. The van der Waals surface area contributed by atoms with Gasteiger partial charge in [-0.25, -0.2) is 0 Å². The fourth-order valence-electron chi connectivity index (χ4n) is 9.10. The van der Waals surface area contributed by atoms with Gasteiger partial charge in [-0.05, 0) is 131 Å². The van der Waals surface area contributed by atoms with E-state index in [1.807, 2.05) is 0 Å². The molecule has 0 fully saturated rings. The van der Waals surface area contributed by atoms with E-state index in [2.05, 4.69) is 194 Å². The molecular formula is C50H39NOS2. The van der Waals surface area contributed by atoms with E-state index in [1.165, 1.54) is 74.8 Å². The van der Waals surface area contributed by atoms with E-state index in [0.717, 1.165) is 27.9 Å². The van der Waals surface area contributed by atoms with Crippen LogP contribution in [0.5, 0.6) is 0 Å². The molecule has 4 heteroatoms. The number of anilines is 3. The van der Waals surface area contributed by atoms with Crippen molar-refractivity contribution < 1.29 is 4.42 Å². The maximum absolute atomic E-state index is 6.81. The molecule has 0 atom stereocenters. The van der Waals surface area contributed by atoms with Crippen LogP contribution in [-0.4, -0.2) is 25.0 Å². The summed E-state index contributed by atoms with van der Waals surface area (Å²) in [5.74, 6) is 0. The lowest BCUT2D eigenvalue weighted by atomic mass is 9.98. The molecule has 11 rings (SSSR count). The van der Waals surface area contributed by atoms with Crippen LogP contribution in [0.2, 0.25) is 0 Å². The molecule has 54 heavy (non-hydrogen) atoms. The van der Waals surface area contributed by atoms with Gasteiger partial charge in [-0.15, -0.1) is 0 Å². The van der Waals surface area contributed by atoms with Crippen LogP contribution in [0.3, 0.4) is 0 Å². The molecule has 0 aliphatic carbocycles. The molecule has 1 aromatic heterocycles. The first-order valence-electron chi connectivity index (χ1n) is 18.5. The number of rotatable bonds is 4. The third-order valence-electron chi connectivity index (χ3n) is 11.8. The van der Waals surface area contributed by atoms with Crippen molar-refractivity contribution in [3.8, 4) is 33.4 Å². The molecular weight excluding hydrogens is 695 g/mol. The van der Waals surface area contributed by atoms with Crippen LogP contribution in [0.4, 0.5) is 17.1 Å². The van der Waals surface area contributed by atoms with Crippen LogP contribution >= 0.6 is 20.1 Å². The summed E-state index contributed by atoms with van der Waals surface area (Å²) in [7, 11) is -2.44. The predicted octanol–water partition coefficient (Wildman–Crippen LogP) is 14.8. The summed E-state index contributed by atoms with van der Waals surface area (Å²) >= 11 is 0. The van der Waals surface area contributed by atoms with Crippen molar-refractivity contribution in [3.63, 3.8) is 0 Å². The zero-order chi connectivity index (χ0) is 36.3. The SMILES string of the molecule is CS1(C)c2ccccc2-c2cc(N(c3ccc(-c4ccc5ccccc5c4)cc3)c3cccc4c3-c3c(ccc5c3oc3ccccc35)S4(C)C)ccc21. The Kier molecular flexibility index (Phi) is 6.72. The first-order valence-corrected chi connectivity index (χ1v) is 23.4. The van der Waals surface area contributed by atoms with Crippen LogP contribution < -0.4 is 4.90 Å². The lowest BCUT2D eigenvalue weighted by Gasteiger charge is -2.31. The molecule has 3 heterocycles. The van der Waals surface area contributed by atoms with E-state index >= 15 is 0 Å². The molecule has 2 nitrogen and oxygen atoms in total. The van der Waals surface area contributed by atoms with Gasteiger partial charge in [-0.3, -0.25) is 0 Å². The Balaban J connectivity index is 1.15. The van der Waals surface area contributed by atoms with E-state index in [9.17, 15) is 0 Å². The highest BCUT2D eigenvalue weighted by Gasteiger charge is 2.38. The maximum atomic E-state index is 6.81. The van der Waals surface area contributed by atoms with Crippen molar-refractivity contribution in [1.82, 2.24) is 0 Å². The predicted molar refractivity (Wildman–Crippen MR) is 234 cm³/mol. The number of nitrogens with zero attached hydrogens (tertiary/aromatic N) is 1. The zero-order valence-corrected chi connectivity index (χ0v) is 32.4. The quantitative estimate of drug-likeness (QED) is 0.179. The fourth-order valence-corrected chi connectivity index (χ4v) is 14.1.